The van der Waals surface area contributed by atoms with Crippen LogP contribution in [0.2, 0.25) is 10.0 Å². The van der Waals surface area contributed by atoms with E-state index >= 15 is 0 Å². The number of aryl methyl sites for hydroxylation is 1. The number of halogens is 2. The Balaban J connectivity index is 1.81. The molecule has 1 aliphatic heterocycles. The van der Waals surface area contributed by atoms with Crippen molar-refractivity contribution in [2.45, 2.75) is 25.7 Å². The van der Waals surface area contributed by atoms with Crippen molar-refractivity contribution in [2.24, 2.45) is 0 Å². The summed E-state index contributed by atoms with van der Waals surface area (Å²) in [7, 11) is -3.51. The zero-order valence-electron chi connectivity index (χ0n) is 15.1. The summed E-state index contributed by atoms with van der Waals surface area (Å²) in [4.78, 5) is 2.47. The predicted molar refractivity (Wildman–Crippen MR) is 108 cm³/mol. The lowest BCUT2D eigenvalue weighted by molar-refractivity contribution is 0.384. The molecule has 1 heterocycles. The highest BCUT2D eigenvalue weighted by Gasteiger charge is 2.30. The molecule has 2 aromatic rings. The highest BCUT2D eigenvalue weighted by Crippen LogP contribution is 2.31. The molecule has 0 aliphatic carbocycles. The fraction of sp³-hybridized carbons (Fsp3) is 0.368. The van der Waals surface area contributed by atoms with Gasteiger partial charge in [0.25, 0.3) is 0 Å². The van der Waals surface area contributed by atoms with Crippen LogP contribution in [0, 0.1) is 20.8 Å². The molecule has 0 atom stereocenters. The van der Waals surface area contributed by atoms with Gasteiger partial charge in [-0.05, 0) is 61.7 Å². The van der Waals surface area contributed by atoms with E-state index < -0.39 is 10.0 Å². The molecule has 0 radical (unpaired) electrons. The quantitative estimate of drug-likeness (QED) is 0.748. The second-order valence-electron chi connectivity index (χ2n) is 6.62. The van der Waals surface area contributed by atoms with E-state index in [9.17, 15) is 8.42 Å². The first kappa shape index (κ1) is 19.5. The van der Waals surface area contributed by atoms with Crippen molar-refractivity contribution >= 4 is 38.9 Å². The Morgan fingerprint density at radius 2 is 1.54 bits per heavy atom. The number of sulfonamides is 1. The van der Waals surface area contributed by atoms with Gasteiger partial charge in [-0.25, -0.2) is 8.42 Å². The lowest BCUT2D eigenvalue weighted by Gasteiger charge is -2.36. The summed E-state index contributed by atoms with van der Waals surface area (Å²) >= 11 is 12.3. The van der Waals surface area contributed by atoms with Gasteiger partial charge in [0.2, 0.25) is 10.0 Å². The van der Waals surface area contributed by atoms with Gasteiger partial charge < -0.3 is 4.90 Å². The molecule has 0 saturated carbocycles. The summed E-state index contributed by atoms with van der Waals surface area (Å²) in [6, 6.07) is 8.92. The average molecular weight is 413 g/mol. The number of nitrogens with zero attached hydrogens (tertiary/aromatic N) is 2. The summed E-state index contributed by atoms with van der Waals surface area (Å²) in [5.41, 5.74) is 3.79. The molecule has 3 rings (SSSR count). The van der Waals surface area contributed by atoms with E-state index in [1.54, 1.807) is 22.5 Å². The summed E-state index contributed by atoms with van der Waals surface area (Å²) in [5.74, 6) is 0. The van der Waals surface area contributed by atoms with Crippen molar-refractivity contribution in [1.82, 2.24) is 4.31 Å². The second-order valence-corrected chi connectivity index (χ2v) is 9.37. The smallest absolute Gasteiger partial charge is 0.243 e. The lowest BCUT2D eigenvalue weighted by Crippen LogP contribution is -2.48. The maximum atomic E-state index is 13.1. The molecule has 0 spiro atoms. The van der Waals surface area contributed by atoms with Crippen LogP contribution >= 0.6 is 23.2 Å². The van der Waals surface area contributed by atoms with Crippen molar-refractivity contribution in [1.29, 1.82) is 0 Å². The fourth-order valence-electron chi connectivity index (χ4n) is 3.25. The van der Waals surface area contributed by atoms with Gasteiger partial charge in [0.15, 0.2) is 0 Å². The van der Waals surface area contributed by atoms with Crippen molar-refractivity contribution in [3.8, 4) is 0 Å². The van der Waals surface area contributed by atoms with E-state index in [2.05, 4.69) is 4.90 Å². The molecule has 0 aromatic heterocycles. The van der Waals surface area contributed by atoms with Crippen LogP contribution in [0.1, 0.15) is 16.7 Å². The Hall–Kier alpha value is -1.27. The SMILES string of the molecule is Cc1ccc(S(=O)(=O)N2CCN(c3cc(Cl)ccc3Cl)CC2)c(C)c1C. The van der Waals surface area contributed by atoms with E-state index in [0.717, 1.165) is 22.4 Å². The van der Waals surface area contributed by atoms with Crippen molar-refractivity contribution < 1.29 is 8.42 Å². The summed E-state index contributed by atoms with van der Waals surface area (Å²) in [5, 5.41) is 1.24. The molecule has 1 aliphatic rings. The Labute approximate surface area is 165 Å². The minimum absolute atomic E-state index is 0.398. The van der Waals surface area contributed by atoms with E-state index in [1.807, 2.05) is 32.9 Å². The third-order valence-corrected chi connectivity index (χ3v) is 7.71. The van der Waals surface area contributed by atoms with Gasteiger partial charge in [-0.1, -0.05) is 29.3 Å². The molecule has 0 unspecified atom stereocenters. The first-order valence-electron chi connectivity index (χ1n) is 8.49. The molecule has 1 fully saturated rings. The number of hydrogen-bond acceptors (Lipinski definition) is 3. The Morgan fingerprint density at radius 3 is 2.19 bits per heavy atom. The molecule has 0 bridgehead atoms. The van der Waals surface area contributed by atoms with Crippen LogP contribution in [0.15, 0.2) is 35.2 Å². The van der Waals surface area contributed by atoms with Gasteiger partial charge >= 0.3 is 0 Å². The monoisotopic (exact) mass is 412 g/mol. The number of hydrogen-bond donors (Lipinski definition) is 0. The van der Waals surface area contributed by atoms with Gasteiger partial charge in [0.1, 0.15) is 0 Å². The van der Waals surface area contributed by atoms with Crippen molar-refractivity contribution in [3.05, 3.63) is 57.1 Å². The molecule has 7 heteroatoms. The molecule has 1 saturated heterocycles. The van der Waals surface area contributed by atoms with Gasteiger partial charge in [-0.2, -0.15) is 4.31 Å². The standard InChI is InChI=1S/C19H22Cl2N2O2S/c1-13-4-7-19(15(3)14(13)2)26(24,25)23-10-8-22(9-11-23)18-12-16(20)5-6-17(18)21/h4-7,12H,8-11H2,1-3H3. The van der Waals surface area contributed by atoms with Crippen LogP contribution in [0.5, 0.6) is 0 Å². The topological polar surface area (TPSA) is 40.6 Å². The van der Waals surface area contributed by atoms with Crippen LogP contribution in [0.3, 0.4) is 0 Å². The zero-order chi connectivity index (χ0) is 19.1. The number of anilines is 1. The van der Waals surface area contributed by atoms with Crippen LogP contribution in [-0.4, -0.2) is 38.9 Å². The molecular formula is C19H22Cl2N2O2S. The fourth-order valence-corrected chi connectivity index (χ4v) is 5.35. The number of rotatable bonds is 3. The molecular weight excluding hydrogens is 391 g/mol. The molecule has 0 amide bonds. The third kappa shape index (κ3) is 3.58. The zero-order valence-corrected chi connectivity index (χ0v) is 17.4. The van der Waals surface area contributed by atoms with Crippen LogP contribution in [-0.2, 0) is 10.0 Å². The van der Waals surface area contributed by atoms with Crippen LogP contribution in [0.4, 0.5) is 5.69 Å². The van der Waals surface area contributed by atoms with Gasteiger partial charge in [0.05, 0.1) is 15.6 Å². The van der Waals surface area contributed by atoms with E-state index in [4.69, 9.17) is 23.2 Å². The summed E-state index contributed by atoms with van der Waals surface area (Å²) in [6.45, 7) is 7.80. The minimum Gasteiger partial charge on any atom is -0.368 e. The first-order chi connectivity index (χ1) is 12.2. The third-order valence-electron chi connectivity index (χ3n) is 5.11. The van der Waals surface area contributed by atoms with Gasteiger partial charge in [-0.15, -0.1) is 0 Å². The first-order valence-corrected chi connectivity index (χ1v) is 10.7. The number of piperazine rings is 1. The average Bonchev–Trinajstić information content (AvgIpc) is 2.61. The molecule has 140 valence electrons. The molecule has 4 nitrogen and oxygen atoms in total. The highest BCUT2D eigenvalue weighted by atomic mass is 35.5. The highest BCUT2D eigenvalue weighted by molar-refractivity contribution is 7.89. The predicted octanol–water partition coefficient (Wildman–Crippen LogP) is 4.43. The largest absolute Gasteiger partial charge is 0.368 e. The lowest BCUT2D eigenvalue weighted by atomic mass is 10.1. The minimum atomic E-state index is -3.51. The molecule has 2 aromatic carbocycles. The Bertz CT molecular complexity index is 937. The molecule has 0 N–H and O–H groups in total. The van der Waals surface area contributed by atoms with E-state index in [1.165, 1.54) is 0 Å². The van der Waals surface area contributed by atoms with E-state index in [-0.39, 0.29) is 0 Å². The summed E-state index contributed by atoms with van der Waals surface area (Å²) in [6.07, 6.45) is 0. The van der Waals surface area contributed by atoms with Crippen molar-refractivity contribution in [3.63, 3.8) is 0 Å². The van der Waals surface area contributed by atoms with Gasteiger partial charge in [-0.3, -0.25) is 0 Å². The van der Waals surface area contributed by atoms with Crippen LogP contribution < -0.4 is 4.90 Å². The summed E-state index contributed by atoms with van der Waals surface area (Å²) < 4.78 is 27.7. The number of benzene rings is 2. The maximum Gasteiger partial charge on any atom is 0.243 e. The second kappa shape index (κ2) is 7.39. The van der Waals surface area contributed by atoms with E-state index in [0.29, 0.717) is 41.1 Å². The Kier molecular flexibility index (Phi) is 5.54. The Morgan fingerprint density at radius 1 is 0.885 bits per heavy atom. The maximum absolute atomic E-state index is 13.1. The van der Waals surface area contributed by atoms with Crippen LogP contribution in [0.25, 0.3) is 0 Å². The molecule has 26 heavy (non-hydrogen) atoms. The van der Waals surface area contributed by atoms with Crippen molar-refractivity contribution in [2.75, 3.05) is 31.1 Å². The normalized spacial score (nSPS) is 16.1. The van der Waals surface area contributed by atoms with Gasteiger partial charge in [0, 0.05) is 31.2 Å².